The van der Waals surface area contributed by atoms with Gasteiger partial charge in [-0.25, -0.2) is 24.2 Å². The number of alkyl halides is 6. The molecule has 2 aliphatic carbocycles. The molecule has 12 nitrogen and oxygen atoms in total. The van der Waals surface area contributed by atoms with Gasteiger partial charge in [-0.2, -0.15) is 26.3 Å². The number of ether oxygens (including phenoxy) is 5. The Morgan fingerprint density at radius 2 is 1.23 bits per heavy atom. The average molecular weight is 764 g/mol. The Kier molecular flexibility index (Phi) is 8.20. The first-order chi connectivity index (χ1) is 25.0. The monoisotopic (exact) mass is 763 g/mol. The maximum absolute atomic E-state index is 14.7. The molecule has 2 saturated carbocycles. The molecule has 294 valence electrons. The van der Waals surface area contributed by atoms with Gasteiger partial charge in [0.15, 0.2) is 11.2 Å². The Hall–Kier alpha value is -2.48. The van der Waals surface area contributed by atoms with Gasteiger partial charge < -0.3 is 23.7 Å². The van der Waals surface area contributed by atoms with Crippen LogP contribution in [0.2, 0.25) is 0 Å². The number of hydrogen-bond donors (Lipinski definition) is 0. The molecule has 9 heterocycles. The number of allylic oxidation sites excluding steroid dienone is 2. The Morgan fingerprint density at radius 3 is 1.75 bits per heavy atom. The Bertz CT molecular complexity index is 1700. The normalized spacial score (nSPS) is 44.9. The van der Waals surface area contributed by atoms with Crippen molar-refractivity contribution in [2.75, 3.05) is 6.61 Å². The van der Waals surface area contributed by atoms with E-state index in [0.717, 1.165) is 0 Å². The van der Waals surface area contributed by atoms with Crippen LogP contribution in [0.3, 0.4) is 0 Å². The maximum Gasteiger partial charge on any atom is 0.449 e. The van der Waals surface area contributed by atoms with Crippen molar-refractivity contribution >= 4 is 0 Å². The molecule has 18 heteroatoms. The topological polar surface area (TPSA) is 114 Å². The van der Waals surface area contributed by atoms with Crippen molar-refractivity contribution in [3.63, 3.8) is 0 Å². The number of halogens is 6. The molecule has 2 spiro atoms. The van der Waals surface area contributed by atoms with Gasteiger partial charge in [-0.1, -0.05) is 19.1 Å². The molecule has 11 rings (SSSR count). The minimum atomic E-state index is -4.84. The van der Waals surface area contributed by atoms with Crippen molar-refractivity contribution < 1.29 is 69.6 Å². The van der Waals surface area contributed by atoms with Crippen LogP contribution in [0.1, 0.15) is 84.8 Å². The molecule has 8 aliphatic heterocycles. The molecule has 1 aromatic rings. The van der Waals surface area contributed by atoms with Crippen LogP contribution in [0.25, 0.3) is 0 Å². The van der Waals surface area contributed by atoms with Crippen LogP contribution in [0, 0.1) is 35.5 Å². The molecule has 0 radical (unpaired) electrons. The summed E-state index contributed by atoms with van der Waals surface area (Å²) in [6.45, 7) is 6.29. The summed E-state index contributed by atoms with van der Waals surface area (Å²) in [5, 5.41) is 8.16. The van der Waals surface area contributed by atoms with E-state index in [1.807, 2.05) is 6.92 Å². The molecule has 0 amide bonds. The summed E-state index contributed by atoms with van der Waals surface area (Å²) in [5.74, 6) is -6.45. The fourth-order valence-corrected chi connectivity index (χ4v) is 10.7. The van der Waals surface area contributed by atoms with Crippen molar-refractivity contribution in [1.29, 1.82) is 0 Å². The van der Waals surface area contributed by atoms with Crippen LogP contribution in [0.5, 0.6) is 0 Å². The maximum atomic E-state index is 14.7. The largest absolute Gasteiger partial charge is 0.456 e. The molecule has 1 aromatic heterocycles. The van der Waals surface area contributed by atoms with E-state index in [9.17, 15) is 26.3 Å². The first-order valence-electron chi connectivity index (χ1n) is 18.5. The van der Waals surface area contributed by atoms with Gasteiger partial charge in [0.05, 0.1) is 26.0 Å². The summed E-state index contributed by atoms with van der Waals surface area (Å²) in [6.07, 6.45) is -6.72. The minimum absolute atomic E-state index is 0.0636. The Balaban J connectivity index is 0.968. The van der Waals surface area contributed by atoms with E-state index in [0.29, 0.717) is 51.4 Å². The summed E-state index contributed by atoms with van der Waals surface area (Å²) in [4.78, 5) is 23.5. The average Bonchev–Trinajstić information content (AvgIpc) is 3.22. The van der Waals surface area contributed by atoms with E-state index in [1.165, 1.54) is 10.9 Å². The van der Waals surface area contributed by atoms with Crippen molar-refractivity contribution in [1.82, 2.24) is 15.0 Å². The second-order valence-electron chi connectivity index (χ2n) is 16.6. The molecular weight excluding hydrogens is 720 g/mol. The third kappa shape index (κ3) is 5.51. The summed E-state index contributed by atoms with van der Waals surface area (Å²) in [5.41, 5.74) is -2.55. The summed E-state index contributed by atoms with van der Waals surface area (Å²) in [6, 6.07) is 0. The number of rotatable bonds is 6. The van der Waals surface area contributed by atoms with Gasteiger partial charge in [0.1, 0.15) is 5.69 Å². The van der Waals surface area contributed by atoms with E-state index in [4.69, 9.17) is 43.2 Å². The lowest BCUT2D eigenvalue weighted by molar-refractivity contribution is -0.558. The van der Waals surface area contributed by atoms with Crippen molar-refractivity contribution in [3.05, 3.63) is 34.6 Å². The van der Waals surface area contributed by atoms with Gasteiger partial charge in [-0.3, -0.25) is 0 Å². The molecular formula is C35H43F6N3O9. The lowest BCUT2D eigenvalue weighted by Crippen LogP contribution is -2.67. The fraction of sp³-hybridized carbons (Fsp3) is 0.829. The van der Waals surface area contributed by atoms with Crippen LogP contribution in [0.4, 0.5) is 26.3 Å². The number of hydrogen-bond acceptors (Lipinski definition) is 11. The van der Waals surface area contributed by atoms with Crippen LogP contribution in [-0.4, -0.2) is 69.3 Å². The molecule has 0 aromatic carbocycles. The molecule has 0 unspecified atom stereocenters. The van der Waals surface area contributed by atoms with E-state index < -0.39 is 77.7 Å². The van der Waals surface area contributed by atoms with Gasteiger partial charge in [-0.05, 0) is 64.2 Å². The molecule has 53 heavy (non-hydrogen) atoms. The minimum Gasteiger partial charge on any atom is -0.456 e. The summed E-state index contributed by atoms with van der Waals surface area (Å²) < 4.78 is 118. The van der Waals surface area contributed by atoms with Gasteiger partial charge in [-0.15, -0.1) is 5.10 Å². The first kappa shape index (κ1) is 36.2. The van der Waals surface area contributed by atoms with E-state index in [2.05, 4.69) is 17.2 Å². The Labute approximate surface area is 301 Å². The quantitative estimate of drug-likeness (QED) is 0.222. The smallest absolute Gasteiger partial charge is 0.449 e. The van der Waals surface area contributed by atoms with Crippen LogP contribution >= 0.6 is 0 Å². The predicted molar refractivity (Wildman–Crippen MR) is 164 cm³/mol. The number of aromatic nitrogens is 3. The molecule has 12 atom stereocenters. The van der Waals surface area contributed by atoms with Gasteiger partial charge >= 0.3 is 12.4 Å². The highest BCUT2D eigenvalue weighted by atomic mass is 19.4. The number of fused-ring (bicyclic) bond motifs is 4. The lowest BCUT2D eigenvalue weighted by atomic mass is 9.59. The summed E-state index contributed by atoms with van der Waals surface area (Å²) >= 11 is 0. The molecule has 6 saturated heterocycles. The lowest BCUT2D eigenvalue weighted by Gasteiger charge is -2.57. The van der Waals surface area contributed by atoms with Crippen molar-refractivity contribution in [3.8, 4) is 0 Å². The van der Waals surface area contributed by atoms with Crippen LogP contribution < -0.4 is 0 Å². The highest BCUT2D eigenvalue weighted by molar-refractivity contribution is 5.30. The fourth-order valence-electron chi connectivity index (χ4n) is 10.7. The summed E-state index contributed by atoms with van der Waals surface area (Å²) in [7, 11) is 0. The SMILES string of the molecule is C[C@@H]1CC[C@H]2C(COCc3cn(CC4=C(C(F)(F)F)O[C@@H]5O[C@]6(C)CC[C@H]7[C@H](C)CC[C@@H]4[C@@]57OO6)nn3)=C(C(F)(F)F)O[C@@H]3O[C@@]4(C)CC[C@@H]1[C@]32OO4. The van der Waals surface area contributed by atoms with E-state index >= 15 is 0 Å². The standard InChI is InChI=1S/C35H43F6N3O9/c1-17-5-7-24-20(26(34(36,37)38)46-28-32(24)22(17)9-11-30(3,48-28)50-52-32)14-44-13-19(42-43-44)15-45-16-21-25-8-6-18(2)23-10-12-31(4)49-29(33(23,25)53-51-31)47-27(21)35(39,40)41/h13,17-18,22-25,28-29H,5-12,14-16H2,1-4H3/t17-,18-,22+,23+,24+,25+,28-,29-,30+,31-,32-,33-/m1/s1. The number of nitrogens with zero attached hydrogens (tertiary/aromatic N) is 3. The zero-order valence-electron chi connectivity index (χ0n) is 29.8. The van der Waals surface area contributed by atoms with Crippen LogP contribution in [-0.2, 0) is 56.4 Å². The second kappa shape index (κ2) is 12.0. The molecule has 8 fully saturated rings. The second-order valence-corrected chi connectivity index (χ2v) is 16.6. The predicted octanol–water partition coefficient (Wildman–Crippen LogP) is 6.92. The van der Waals surface area contributed by atoms with E-state index in [1.54, 1.807) is 13.8 Å². The first-order valence-corrected chi connectivity index (χ1v) is 18.5. The third-order valence-corrected chi connectivity index (χ3v) is 13.3. The van der Waals surface area contributed by atoms with Crippen LogP contribution in [0.15, 0.2) is 28.9 Å². The van der Waals surface area contributed by atoms with Gasteiger partial charge in [0.25, 0.3) is 0 Å². The third-order valence-electron chi connectivity index (χ3n) is 13.3. The Morgan fingerprint density at radius 1 is 0.717 bits per heavy atom. The zero-order chi connectivity index (χ0) is 37.3. The van der Waals surface area contributed by atoms with Crippen molar-refractivity contribution in [2.24, 2.45) is 35.5 Å². The molecule has 4 bridgehead atoms. The molecule has 0 N–H and O–H groups in total. The highest BCUT2D eigenvalue weighted by Gasteiger charge is 2.72. The van der Waals surface area contributed by atoms with E-state index in [-0.39, 0.29) is 53.7 Å². The van der Waals surface area contributed by atoms with Gasteiger partial charge in [0.2, 0.25) is 35.7 Å². The molecule has 10 aliphatic rings. The van der Waals surface area contributed by atoms with Gasteiger partial charge in [0, 0.05) is 47.7 Å². The highest BCUT2D eigenvalue weighted by Crippen LogP contribution is 2.63. The van der Waals surface area contributed by atoms with Crippen molar-refractivity contribution in [2.45, 2.75) is 140 Å². The zero-order valence-corrected chi connectivity index (χ0v) is 29.8.